The molecule has 1 aromatic carbocycles. The minimum Gasteiger partial charge on any atom is -0.386 e. The largest absolute Gasteiger partial charge is 0.386 e. The average molecular weight is 298 g/mol. The molecule has 0 bridgehead atoms. The van der Waals surface area contributed by atoms with Crippen molar-refractivity contribution >= 4 is 29.0 Å². The number of benzene rings is 1. The summed E-state index contributed by atoms with van der Waals surface area (Å²) in [5.74, 6) is -0.353. The van der Waals surface area contributed by atoms with E-state index >= 15 is 0 Å². The maximum atomic E-state index is 11.8. The molecule has 0 fully saturated rings. The molecule has 2 N–H and O–H groups in total. The lowest BCUT2D eigenvalue weighted by atomic mass is 10.0. The van der Waals surface area contributed by atoms with Crippen LogP contribution in [-0.4, -0.2) is 26.6 Å². The van der Waals surface area contributed by atoms with Gasteiger partial charge in [0.25, 0.3) is 5.91 Å². The van der Waals surface area contributed by atoms with Gasteiger partial charge in [-0.05, 0) is 36.2 Å². The van der Waals surface area contributed by atoms with E-state index in [2.05, 4.69) is 14.9 Å². The summed E-state index contributed by atoms with van der Waals surface area (Å²) in [6.07, 6.45) is -0.812. The number of nitrogens with zero attached hydrogens (tertiary/aromatic N) is 2. The Morgan fingerprint density at radius 2 is 2.11 bits per heavy atom. The van der Waals surface area contributed by atoms with Gasteiger partial charge in [0.05, 0.1) is 12.1 Å². The van der Waals surface area contributed by atoms with Crippen LogP contribution in [0.15, 0.2) is 29.6 Å². The predicted molar refractivity (Wildman–Crippen MR) is 73.2 cm³/mol. The Morgan fingerprint density at radius 1 is 1.42 bits per heavy atom. The van der Waals surface area contributed by atoms with Crippen molar-refractivity contribution in [1.82, 2.24) is 14.9 Å². The Kier molecular flexibility index (Phi) is 4.47. The van der Waals surface area contributed by atoms with Crippen molar-refractivity contribution in [3.05, 3.63) is 45.9 Å². The predicted octanol–water partition coefficient (Wildman–Crippen LogP) is 2.04. The molecule has 2 rings (SSSR count). The summed E-state index contributed by atoms with van der Waals surface area (Å²) in [6, 6.07) is 6.38. The Hall–Kier alpha value is -1.50. The van der Waals surface area contributed by atoms with Crippen LogP contribution in [0.5, 0.6) is 0 Å². The molecule has 0 saturated carbocycles. The summed E-state index contributed by atoms with van der Waals surface area (Å²) in [4.78, 5) is 11.8. The van der Waals surface area contributed by atoms with Crippen LogP contribution in [0.25, 0.3) is 0 Å². The van der Waals surface area contributed by atoms with Crippen molar-refractivity contribution in [2.24, 2.45) is 0 Å². The van der Waals surface area contributed by atoms with Crippen LogP contribution in [0.3, 0.4) is 0 Å². The molecule has 1 amide bonds. The van der Waals surface area contributed by atoms with E-state index in [0.29, 0.717) is 10.6 Å². The molecule has 2 atom stereocenters. The van der Waals surface area contributed by atoms with Gasteiger partial charge in [-0.2, -0.15) is 0 Å². The second-order valence-corrected chi connectivity index (χ2v) is 5.09. The third kappa shape index (κ3) is 3.50. The van der Waals surface area contributed by atoms with Crippen LogP contribution in [0.4, 0.5) is 0 Å². The minimum absolute atomic E-state index is 0.250. The number of hydrogen-bond acceptors (Lipinski definition) is 5. The summed E-state index contributed by atoms with van der Waals surface area (Å²) < 4.78 is 3.62. The van der Waals surface area contributed by atoms with E-state index in [1.165, 1.54) is 0 Å². The number of aromatic nitrogens is 2. The molecule has 0 aliphatic carbocycles. The Morgan fingerprint density at radius 3 is 2.68 bits per heavy atom. The standard InChI is InChI=1S/C12H12ClN3O2S/c1-7(14-12(18)10-6-19-16-15-10)11(17)8-2-4-9(13)5-3-8/h2-7,11,17H,1H3,(H,14,18). The number of rotatable bonds is 4. The van der Waals surface area contributed by atoms with Gasteiger partial charge >= 0.3 is 0 Å². The van der Waals surface area contributed by atoms with Gasteiger partial charge in [-0.25, -0.2) is 0 Å². The molecule has 1 heterocycles. The number of nitrogens with one attached hydrogen (secondary N) is 1. The molecule has 19 heavy (non-hydrogen) atoms. The highest BCUT2D eigenvalue weighted by Crippen LogP contribution is 2.19. The molecule has 5 nitrogen and oxygen atoms in total. The summed E-state index contributed by atoms with van der Waals surface area (Å²) in [5.41, 5.74) is 0.939. The molecule has 0 radical (unpaired) electrons. The van der Waals surface area contributed by atoms with Crippen LogP contribution < -0.4 is 5.32 Å². The molecule has 7 heteroatoms. The van der Waals surface area contributed by atoms with Crippen molar-refractivity contribution in [3.63, 3.8) is 0 Å². The quantitative estimate of drug-likeness (QED) is 0.905. The number of hydrogen-bond donors (Lipinski definition) is 2. The fourth-order valence-electron chi connectivity index (χ4n) is 1.57. The van der Waals surface area contributed by atoms with Gasteiger partial charge in [-0.1, -0.05) is 28.2 Å². The van der Waals surface area contributed by atoms with Gasteiger partial charge < -0.3 is 10.4 Å². The SMILES string of the molecule is CC(NC(=O)c1csnn1)C(O)c1ccc(Cl)cc1. The second-order valence-electron chi connectivity index (χ2n) is 4.05. The molecule has 0 aliphatic heterocycles. The molecule has 2 aromatic rings. The summed E-state index contributed by atoms with van der Waals surface area (Å²) >= 11 is 6.88. The van der Waals surface area contributed by atoms with Crippen LogP contribution in [0.2, 0.25) is 5.02 Å². The fourth-order valence-corrected chi connectivity index (χ4v) is 2.13. The van der Waals surface area contributed by atoms with E-state index in [1.807, 2.05) is 0 Å². The molecule has 2 unspecified atom stereocenters. The van der Waals surface area contributed by atoms with Crippen LogP contribution in [0.1, 0.15) is 29.1 Å². The zero-order valence-corrected chi connectivity index (χ0v) is 11.6. The van der Waals surface area contributed by atoms with E-state index in [-0.39, 0.29) is 11.6 Å². The van der Waals surface area contributed by atoms with Crippen LogP contribution in [0, 0.1) is 0 Å². The summed E-state index contributed by atoms with van der Waals surface area (Å²) in [7, 11) is 0. The number of aliphatic hydroxyl groups excluding tert-OH is 1. The van der Waals surface area contributed by atoms with E-state index in [1.54, 1.807) is 36.6 Å². The third-order valence-corrected chi connectivity index (χ3v) is 3.39. The van der Waals surface area contributed by atoms with E-state index in [0.717, 1.165) is 11.5 Å². The molecule has 0 aliphatic rings. The van der Waals surface area contributed by atoms with Gasteiger partial charge in [0, 0.05) is 10.4 Å². The Labute approximate surface area is 119 Å². The normalized spacial score (nSPS) is 13.8. The van der Waals surface area contributed by atoms with Crippen molar-refractivity contribution in [2.75, 3.05) is 0 Å². The highest BCUT2D eigenvalue weighted by Gasteiger charge is 2.20. The first kappa shape index (κ1) is 13.9. The molecule has 0 saturated heterocycles. The number of halogens is 1. The maximum absolute atomic E-state index is 11.8. The van der Waals surface area contributed by atoms with Gasteiger partial charge in [-0.3, -0.25) is 4.79 Å². The number of carbonyl (C=O) groups excluding carboxylic acids is 1. The minimum atomic E-state index is -0.812. The summed E-state index contributed by atoms with van der Waals surface area (Å²) in [6.45, 7) is 1.72. The van der Waals surface area contributed by atoms with E-state index in [4.69, 9.17) is 11.6 Å². The second kappa shape index (κ2) is 6.10. The lowest BCUT2D eigenvalue weighted by molar-refractivity contribution is 0.0847. The first-order chi connectivity index (χ1) is 9.08. The zero-order valence-electron chi connectivity index (χ0n) is 10.1. The van der Waals surface area contributed by atoms with Crippen molar-refractivity contribution in [1.29, 1.82) is 0 Å². The molecule has 100 valence electrons. The lowest BCUT2D eigenvalue weighted by Crippen LogP contribution is -2.37. The van der Waals surface area contributed by atoms with Crippen LogP contribution in [-0.2, 0) is 0 Å². The smallest absolute Gasteiger partial charge is 0.273 e. The Balaban J connectivity index is 2.01. The zero-order chi connectivity index (χ0) is 13.8. The molecule has 0 spiro atoms. The number of carbonyl (C=O) groups is 1. The van der Waals surface area contributed by atoms with Crippen LogP contribution >= 0.6 is 23.1 Å². The van der Waals surface area contributed by atoms with Gasteiger partial charge in [0.1, 0.15) is 0 Å². The maximum Gasteiger partial charge on any atom is 0.273 e. The Bertz CT molecular complexity index is 545. The van der Waals surface area contributed by atoms with E-state index < -0.39 is 12.1 Å². The molecular formula is C12H12ClN3O2S. The first-order valence-electron chi connectivity index (χ1n) is 5.59. The van der Waals surface area contributed by atoms with Gasteiger partial charge in [0.15, 0.2) is 5.69 Å². The van der Waals surface area contributed by atoms with Gasteiger partial charge in [-0.15, -0.1) is 5.10 Å². The van der Waals surface area contributed by atoms with Crippen molar-refractivity contribution in [3.8, 4) is 0 Å². The molecular weight excluding hydrogens is 286 g/mol. The van der Waals surface area contributed by atoms with Gasteiger partial charge in [0.2, 0.25) is 0 Å². The lowest BCUT2D eigenvalue weighted by Gasteiger charge is -2.20. The first-order valence-corrected chi connectivity index (χ1v) is 6.81. The number of amides is 1. The highest BCUT2D eigenvalue weighted by molar-refractivity contribution is 7.03. The average Bonchev–Trinajstić information content (AvgIpc) is 2.92. The fraction of sp³-hybridized carbons (Fsp3) is 0.250. The van der Waals surface area contributed by atoms with Crippen molar-refractivity contribution < 1.29 is 9.90 Å². The monoisotopic (exact) mass is 297 g/mol. The molecule has 1 aromatic heterocycles. The number of aliphatic hydroxyl groups is 1. The third-order valence-electron chi connectivity index (χ3n) is 2.64. The topological polar surface area (TPSA) is 75.1 Å². The van der Waals surface area contributed by atoms with E-state index in [9.17, 15) is 9.90 Å². The summed E-state index contributed by atoms with van der Waals surface area (Å²) in [5, 5.41) is 18.6. The highest BCUT2D eigenvalue weighted by atomic mass is 35.5. The van der Waals surface area contributed by atoms with Crippen molar-refractivity contribution in [2.45, 2.75) is 19.1 Å².